The second-order valence-electron chi connectivity index (χ2n) is 3.16. The quantitative estimate of drug-likeness (QED) is 0.812. The summed E-state index contributed by atoms with van der Waals surface area (Å²) in [6.07, 6.45) is 0.542. The molecule has 15 heavy (non-hydrogen) atoms. The molecule has 0 saturated carbocycles. The molecule has 4 heteroatoms. The zero-order chi connectivity index (χ0) is 11.3. The van der Waals surface area contributed by atoms with Crippen LogP contribution in [0, 0.1) is 11.6 Å². The molecular weight excluding hydrogens is 200 g/mol. The van der Waals surface area contributed by atoms with Gasteiger partial charge in [0.05, 0.1) is 6.61 Å². The highest BCUT2D eigenvalue weighted by molar-refractivity contribution is 5.35. The molecule has 0 fully saturated rings. The van der Waals surface area contributed by atoms with Crippen LogP contribution in [0.15, 0.2) is 12.1 Å². The Bertz CT molecular complexity index is 329. The van der Waals surface area contributed by atoms with Crippen LogP contribution in [0.4, 0.5) is 8.78 Å². The summed E-state index contributed by atoms with van der Waals surface area (Å²) >= 11 is 0. The van der Waals surface area contributed by atoms with Gasteiger partial charge in [-0.05, 0) is 33.0 Å². The molecule has 0 heterocycles. The Kier molecular flexibility index (Phi) is 4.49. The minimum absolute atomic E-state index is 0.161. The van der Waals surface area contributed by atoms with E-state index in [1.165, 1.54) is 6.07 Å². The zero-order valence-corrected chi connectivity index (χ0v) is 8.94. The predicted molar refractivity (Wildman–Crippen MR) is 55.2 cm³/mol. The summed E-state index contributed by atoms with van der Waals surface area (Å²) in [7, 11) is 1.79. The Balaban J connectivity index is 2.97. The van der Waals surface area contributed by atoms with Gasteiger partial charge in [0, 0.05) is 11.6 Å². The first-order chi connectivity index (χ1) is 7.19. The molecular formula is C11H15F2NO. The standard InChI is InChI=1S/C11H15F2NO/c1-3-15-11-8(4-5-14-2)6-9(12)7-10(11)13/h6-7,14H,3-5H2,1-2H3. The van der Waals surface area contributed by atoms with E-state index in [0.29, 0.717) is 25.1 Å². The number of hydrogen-bond acceptors (Lipinski definition) is 2. The van der Waals surface area contributed by atoms with Crippen molar-refractivity contribution in [3.63, 3.8) is 0 Å². The van der Waals surface area contributed by atoms with Crippen LogP contribution in [-0.2, 0) is 6.42 Å². The van der Waals surface area contributed by atoms with Crippen molar-refractivity contribution in [3.05, 3.63) is 29.3 Å². The largest absolute Gasteiger partial charge is 0.491 e. The maximum Gasteiger partial charge on any atom is 0.168 e. The van der Waals surface area contributed by atoms with Crippen molar-refractivity contribution in [2.45, 2.75) is 13.3 Å². The van der Waals surface area contributed by atoms with Crippen molar-refractivity contribution in [1.82, 2.24) is 5.32 Å². The van der Waals surface area contributed by atoms with Crippen LogP contribution in [0.1, 0.15) is 12.5 Å². The molecule has 0 aliphatic carbocycles. The van der Waals surface area contributed by atoms with E-state index in [0.717, 1.165) is 6.07 Å². The first-order valence-corrected chi connectivity index (χ1v) is 4.94. The fourth-order valence-corrected chi connectivity index (χ4v) is 1.36. The minimum atomic E-state index is -0.636. The van der Waals surface area contributed by atoms with Crippen molar-refractivity contribution in [2.75, 3.05) is 20.2 Å². The molecule has 0 spiro atoms. The molecule has 0 aliphatic heterocycles. The van der Waals surface area contributed by atoms with Gasteiger partial charge >= 0.3 is 0 Å². The van der Waals surface area contributed by atoms with Crippen molar-refractivity contribution >= 4 is 0 Å². The van der Waals surface area contributed by atoms with Crippen LogP contribution in [-0.4, -0.2) is 20.2 Å². The smallest absolute Gasteiger partial charge is 0.168 e. The molecule has 2 nitrogen and oxygen atoms in total. The van der Waals surface area contributed by atoms with Gasteiger partial charge in [0.25, 0.3) is 0 Å². The Hall–Kier alpha value is -1.16. The highest BCUT2D eigenvalue weighted by Crippen LogP contribution is 2.24. The van der Waals surface area contributed by atoms with Gasteiger partial charge < -0.3 is 10.1 Å². The van der Waals surface area contributed by atoms with E-state index in [9.17, 15) is 8.78 Å². The average molecular weight is 215 g/mol. The lowest BCUT2D eigenvalue weighted by Crippen LogP contribution is -2.12. The topological polar surface area (TPSA) is 21.3 Å². The first kappa shape index (κ1) is 11.9. The van der Waals surface area contributed by atoms with Gasteiger partial charge in [-0.3, -0.25) is 0 Å². The summed E-state index contributed by atoms with van der Waals surface area (Å²) in [4.78, 5) is 0. The number of benzene rings is 1. The maximum absolute atomic E-state index is 13.3. The highest BCUT2D eigenvalue weighted by Gasteiger charge is 2.11. The number of hydrogen-bond donors (Lipinski definition) is 1. The van der Waals surface area contributed by atoms with Crippen LogP contribution in [0.2, 0.25) is 0 Å². The summed E-state index contributed by atoms with van der Waals surface area (Å²) in [5, 5.41) is 2.92. The maximum atomic E-state index is 13.3. The monoisotopic (exact) mass is 215 g/mol. The average Bonchev–Trinajstić information content (AvgIpc) is 2.19. The molecule has 1 aromatic rings. The summed E-state index contributed by atoms with van der Waals surface area (Å²) in [5.74, 6) is -1.04. The minimum Gasteiger partial charge on any atom is -0.491 e. The van der Waals surface area contributed by atoms with E-state index in [4.69, 9.17) is 4.74 Å². The van der Waals surface area contributed by atoms with Gasteiger partial charge in [-0.2, -0.15) is 0 Å². The third kappa shape index (κ3) is 3.16. The van der Waals surface area contributed by atoms with Crippen molar-refractivity contribution in [3.8, 4) is 5.75 Å². The molecule has 0 aliphatic rings. The second-order valence-corrected chi connectivity index (χ2v) is 3.16. The summed E-state index contributed by atoms with van der Waals surface area (Å²) < 4.78 is 31.4. The second kappa shape index (κ2) is 5.66. The van der Waals surface area contributed by atoms with E-state index in [1.54, 1.807) is 14.0 Å². The third-order valence-electron chi connectivity index (χ3n) is 2.02. The molecule has 0 bridgehead atoms. The van der Waals surface area contributed by atoms with Gasteiger partial charge in [0.2, 0.25) is 0 Å². The van der Waals surface area contributed by atoms with Crippen LogP contribution >= 0.6 is 0 Å². The van der Waals surface area contributed by atoms with E-state index >= 15 is 0 Å². The van der Waals surface area contributed by atoms with E-state index in [1.807, 2.05) is 0 Å². The first-order valence-electron chi connectivity index (χ1n) is 4.94. The van der Waals surface area contributed by atoms with Gasteiger partial charge in [0.15, 0.2) is 11.6 Å². The molecule has 0 atom stereocenters. The Morgan fingerprint density at radius 2 is 2.07 bits per heavy atom. The van der Waals surface area contributed by atoms with Gasteiger partial charge in [-0.15, -0.1) is 0 Å². The molecule has 1 aromatic carbocycles. The molecule has 1 N–H and O–H groups in total. The number of likely N-dealkylation sites (N-methyl/N-ethyl adjacent to an activating group) is 1. The van der Waals surface area contributed by atoms with E-state index in [2.05, 4.69) is 5.32 Å². The normalized spacial score (nSPS) is 10.4. The molecule has 0 aromatic heterocycles. The van der Waals surface area contributed by atoms with Gasteiger partial charge in [-0.1, -0.05) is 0 Å². The molecule has 0 saturated heterocycles. The Labute approximate surface area is 88.3 Å². The predicted octanol–water partition coefficient (Wildman–Crippen LogP) is 2.13. The molecule has 0 unspecified atom stereocenters. The fraction of sp³-hybridized carbons (Fsp3) is 0.455. The number of nitrogens with one attached hydrogen (secondary N) is 1. The molecule has 84 valence electrons. The van der Waals surface area contributed by atoms with Crippen molar-refractivity contribution in [1.29, 1.82) is 0 Å². The molecule has 1 rings (SSSR count). The van der Waals surface area contributed by atoms with E-state index in [-0.39, 0.29) is 5.75 Å². The van der Waals surface area contributed by atoms with Crippen molar-refractivity contribution < 1.29 is 13.5 Å². The zero-order valence-electron chi connectivity index (χ0n) is 8.94. The molecule has 0 radical (unpaired) electrons. The fourth-order valence-electron chi connectivity index (χ4n) is 1.36. The summed E-state index contributed by atoms with van der Waals surface area (Å²) in [6.45, 7) is 2.79. The van der Waals surface area contributed by atoms with Crippen LogP contribution in [0.5, 0.6) is 5.75 Å². The summed E-state index contributed by atoms with van der Waals surface area (Å²) in [5.41, 5.74) is 0.559. The van der Waals surface area contributed by atoms with Gasteiger partial charge in [-0.25, -0.2) is 8.78 Å². The number of halogens is 2. The van der Waals surface area contributed by atoms with Crippen LogP contribution < -0.4 is 10.1 Å². The number of ether oxygens (including phenoxy) is 1. The summed E-state index contributed by atoms with van der Waals surface area (Å²) in [6, 6.07) is 2.15. The van der Waals surface area contributed by atoms with Crippen LogP contribution in [0.25, 0.3) is 0 Å². The highest BCUT2D eigenvalue weighted by atomic mass is 19.1. The lowest BCUT2D eigenvalue weighted by Gasteiger charge is -2.11. The van der Waals surface area contributed by atoms with Gasteiger partial charge in [0.1, 0.15) is 5.82 Å². The number of rotatable bonds is 5. The van der Waals surface area contributed by atoms with Crippen molar-refractivity contribution in [2.24, 2.45) is 0 Å². The lowest BCUT2D eigenvalue weighted by atomic mass is 10.1. The molecule has 0 amide bonds. The van der Waals surface area contributed by atoms with Crippen LogP contribution in [0.3, 0.4) is 0 Å². The van der Waals surface area contributed by atoms with E-state index < -0.39 is 11.6 Å². The third-order valence-corrected chi connectivity index (χ3v) is 2.02. The Morgan fingerprint density at radius 1 is 1.33 bits per heavy atom. The SMILES string of the molecule is CCOc1c(F)cc(F)cc1CCNC. The Morgan fingerprint density at radius 3 is 2.67 bits per heavy atom. The lowest BCUT2D eigenvalue weighted by molar-refractivity contribution is 0.316.